The molecule has 0 saturated carbocycles. The lowest BCUT2D eigenvalue weighted by molar-refractivity contribution is 0.602. The van der Waals surface area contributed by atoms with E-state index in [1.165, 1.54) is 12.6 Å². The van der Waals surface area contributed by atoms with Crippen LogP contribution in [0.4, 0.5) is 0 Å². The Morgan fingerprint density at radius 2 is 2.22 bits per heavy atom. The number of aromatic amines is 1. The molecule has 0 bridgehead atoms. The molecule has 5 nitrogen and oxygen atoms in total. The average Bonchev–Trinajstić information content (AvgIpc) is 2.85. The van der Waals surface area contributed by atoms with Gasteiger partial charge in [0.05, 0.1) is 0 Å². The molecule has 0 aliphatic rings. The summed E-state index contributed by atoms with van der Waals surface area (Å²) in [4.78, 5) is 18.0. The van der Waals surface area contributed by atoms with Gasteiger partial charge in [-0.25, -0.2) is 4.98 Å². The topological polar surface area (TPSA) is 82.7 Å². The van der Waals surface area contributed by atoms with Gasteiger partial charge in [0.25, 0.3) is 5.56 Å². The molecular formula is C13H7N3O2. The highest BCUT2D eigenvalue weighted by molar-refractivity contribution is 5.81. The molecule has 0 aliphatic carbocycles. The summed E-state index contributed by atoms with van der Waals surface area (Å²) < 4.78 is 5.20. The van der Waals surface area contributed by atoms with E-state index in [0.717, 1.165) is 11.1 Å². The molecule has 0 amide bonds. The van der Waals surface area contributed by atoms with Gasteiger partial charge in [0.2, 0.25) is 0 Å². The molecule has 18 heavy (non-hydrogen) atoms. The third-order valence-electron chi connectivity index (χ3n) is 2.71. The van der Waals surface area contributed by atoms with Gasteiger partial charge in [0.1, 0.15) is 17.1 Å². The number of aromatic nitrogens is 2. The van der Waals surface area contributed by atoms with E-state index < -0.39 is 5.56 Å². The van der Waals surface area contributed by atoms with Crippen LogP contribution in [0.15, 0.2) is 46.1 Å². The van der Waals surface area contributed by atoms with Gasteiger partial charge in [-0.1, -0.05) is 6.07 Å². The number of nitrogens with one attached hydrogen (secondary N) is 1. The molecule has 2 aromatic heterocycles. The van der Waals surface area contributed by atoms with Crippen molar-refractivity contribution >= 4 is 11.1 Å². The summed E-state index contributed by atoms with van der Waals surface area (Å²) in [5.41, 5.74) is 2.39. The first kappa shape index (κ1) is 10.3. The fourth-order valence-corrected chi connectivity index (χ4v) is 1.85. The Morgan fingerprint density at radius 3 is 3.06 bits per heavy atom. The van der Waals surface area contributed by atoms with Gasteiger partial charge < -0.3 is 9.40 Å². The van der Waals surface area contributed by atoms with Crippen LogP contribution in [-0.2, 0) is 0 Å². The van der Waals surface area contributed by atoms with Crippen molar-refractivity contribution in [1.82, 2.24) is 9.97 Å². The molecule has 3 rings (SSSR count). The Bertz CT molecular complexity index is 824. The summed E-state index contributed by atoms with van der Waals surface area (Å²) in [6.07, 6.45) is 2.88. The van der Waals surface area contributed by atoms with Crippen molar-refractivity contribution in [1.29, 1.82) is 5.26 Å². The van der Waals surface area contributed by atoms with Crippen molar-refractivity contribution in [2.24, 2.45) is 0 Å². The first-order chi connectivity index (χ1) is 8.79. The molecule has 2 heterocycles. The first-order valence-corrected chi connectivity index (χ1v) is 5.25. The van der Waals surface area contributed by atoms with Crippen molar-refractivity contribution in [2.75, 3.05) is 0 Å². The van der Waals surface area contributed by atoms with Crippen molar-refractivity contribution in [2.45, 2.75) is 0 Å². The number of nitrogens with zero attached hydrogens (tertiary/aromatic N) is 2. The van der Waals surface area contributed by atoms with Crippen LogP contribution < -0.4 is 5.56 Å². The zero-order valence-corrected chi connectivity index (χ0v) is 9.18. The second-order valence-electron chi connectivity index (χ2n) is 3.74. The number of hydrogen-bond donors (Lipinski definition) is 1. The minimum absolute atomic E-state index is 0.0939. The number of fused-ring (bicyclic) bond motifs is 1. The van der Waals surface area contributed by atoms with E-state index in [2.05, 4.69) is 9.97 Å². The summed E-state index contributed by atoms with van der Waals surface area (Å²) in [5, 5.41) is 9.03. The summed E-state index contributed by atoms with van der Waals surface area (Å²) in [7, 11) is 0. The van der Waals surface area contributed by atoms with Crippen molar-refractivity contribution in [3.05, 3.63) is 52.8 Å². The minimum Gasteiger partial charge on any atom is -0.443 e. The van der Waals surface area contributed by atoms with Gasteiger partial charge in [0.15, 0.2) is 12.0 Å². The summed E-state index contributed by atoms with van der Waals surface area (Å²) in [6.45, 7) is 0. The summed E-state index contributed by atoms with van der Waals surface area (Å²) in [6, 6.07) is 8.96. The van der Waals surface area contributed by atoms with E-state index in [4.69, 9.17) is 9.68 Å². The monoisotopic (exact) mass is 237 g/mol. The number of H-pyrrole nitrogens is 1. The van der Waals surface area contributed by atoms with Crippen LogP contribution in [0.25, 0.3) is 22.2 Å². The number of pyridine rings is 1. The zero-order chi connectivity index (χ0) is 12.5. The Morgan fingerprint density at radius 1 is 1.33 bits per heavy atom. The molecule has 0 spiro atoms. The highest BCUT2D eigenvalue weighted by Crippen LogP contribution is 2.24. The molecule has 0 saturated heterocycles. The first-order valence-electron chi connectivity index (χ1n) is 5.25. The highest BCUT2D eigenvalue weighted by Gasteiger charge is 2.09. The van der Waals surface area contributed by atoms with Crippen LogP contribution in [0.1, 0.15) is 5.56 Å². The van der Waals surface area contributed by atoms with Crippen LogP contribution in [0.2, 0.25) is 0 Å². The van der Waals surface area contributed by atoms with Crippen LogP contribution >= 0.6 is 0 Å². The van der Waals surface area contributed by atoms with Crippen molar-refractivity contribution < 1.29 is 4.42 Å². The predicted molar refractivity (Wildman–Crippen MR) is 64.8 cm³/mol. The maximum absolute atomic E-state index is 11.5. The number of benzene rings is 1. The molecule has 5 heteroatoms. The van der Waals surface area contributed by atoms with E-state index in [9.17, 15) is 4.79 Å². The van der Waals surface area contributed by atoms with Gasteiger partial charge in [-0.3, -0.25) is 4.79 Å². The van der Waals surface area contributed by atoms with Gasteiger partial charge in [0, 0.05) is 11.8 Å². The summed E-state index contributed by atoms with van der Waals surface area (Å²) >= 11 is 0. The summed E-state index contributed by atoms with van der Waals surface area (Å²) in [5.74, 6) is 0. The minimum atomic E-state index is -0.396. The maximum atomic E-state index is 11.5. The normalized spacial score (nSPS) is 10.4. The molecular weight excluding hydrogens is 230 g/mol. The van der Waals surface area contributed by atoms with E-state index in [-0.39, 0.29) is 5.56 Å². The lowest BCUT2D eigenvalue weighted by Gasteiger charge is -2.02. The molecule has 0 aliphatic heterocycles. The Balaban J connectivity index is 2.29. The molecule has 1 aromatic carbocycles. The van der Waals surface area contributed by atoms with Crippen LogP contribution in [0.5, 0.6) is 0 Å². The average molecular weight is 237 g/mol. The largest absolute Gasteiger partial charge is 0.443 e. The van der Waals surface area contributed by atoms with Crippen LogP contribution in [0.3, 0.4) is 0 Å². The second kappa shape index (κ2) is 3.86. The highest BCUT2D eigenvalue weighted by atomic mass is 16.3. The van der Waals surface area contributed by atoms with Crippen molar-refractivity contribution in [3.8, 4) is 17.2 Å². The van der Waals surface area contributed by atoms with Gasteiger partial charge in [-0.15, -0.1) is 0 Å². The van der Waals surface area contributed by atoms with E-state index in [1.807, 2.05) is 6.07 Å². The standard InChI is InChI=1S/C13H7N3O2/c14-6-10-9(3-4-15-13(10)17)8-1-2-11-12(5-8)18-7-16-11/h1-5,7H,(H,15,17). The molecule has 0 fully saturated rings. The lowest BCUT2D eigenvalue weighted by atomic mass is 10.0. The maximum Gasteiger partial charge on any atom is 0.266 e. The van der Waals surface area contributed by atoms with Gasteiger partial charge >= 0.3 is 0 Å². The lowest BCUT2D eigenvalue weighted by Crippen LogP contribution is -2.10. The van der Waals surface area contributed by atoms with E-state index in [1.54, 1.807) is 24.3 Å². The van der Waals surface area contributed by atoms with Crippen LogP contribution in [-0.4, -0.2) is 9.97 Å². The van der Waals surface area contributed by atoms with Gasteiger partial charge in [-0.05, 0) is 23.8 Å². The quantitative estimate of drug-likeness (QED) is 0.702. The Labute approximate surface area is 101 Å². The fraction of sp³-hybridized carbons (Fsp3) is 0. The molecule has 86 valence electrons. The molecule has 0 unspecified atom stereocenters. The zero-order valence-electron chi connectivity index (χ0n) is 9.18. The smallest absolute Gasteiger partial charge is 0.266 e. The Hall–Kier alpha value is -2.87. The van der Waals surface area contributed by atoms with Gasteiger partial charge in [-0.2, -0.15) is 5.26 Å². The second-order valence-corrected chi connectivity index (χ2v) is 3.74. The molecule has 3 aromatic rings. The Kier molecular flexibility index (Phi) is 2.21. The number of hydrogen-bond acceptors (Lipinski definition) is 4. The van der Waals surface area contributed by atoms with E-state index >= 15 is 0 Å². The SMILES string of the molecule is N#Cc1c(-c2ccc3ncoc3c2)cc[nH]c1=O. The third-order valence-corrected chi connectivity index (χ3v) is 2.71. The predicted octanol–water partition coefficient (Wildman–Crippen LogP) is 2.05. The third kappa shape index (κ3) is 1.48. The number of nitriles is 1. The molecule has 0 atom stereocenters. The van der Waals surface area contributed by atoms with Crippen LogP contribution in [0, 0.1) is 11.3 Å². The number of oxazole rings is 1. The number of rotatable bonds is 1. The van der Waals surface area contributed by atoms with Crippen molar-refractivity contribution in [3.63, 3.8) is 0 Å². The van der Waals surface area contributed by atoms with E-state index in [0.29, 0.717) is 11.1 Å². The molecule has 1 N–H and O–H groups in total. The molecule has 0 radical (unpaired) electrons. The fourth-order valence-electron chi connectivity index (χ4n) is 1.85.